The normalized spacial score (nSPS) is 18.2. The number of carbonyl (C=O) groups excluding carboxylic acids is 1. The molecule has 1 aromatic carbocycles. The van der Waals surface area contributed by atoms with Gasteiger partial charge in [0.25, 0.3) is 0 Å². The number of aromatic nitrogens is 5. The molecule has 2 aromatic heterocycles. The molecule has 10 nitrogen and oxygen atoms in total. The van der Waals surface area contributed by atoms with Gasteiger partial charge in [-0.25, -0.2) is 19.2 Å². The number of fused-ring (bicyclic) bond motifs is 3. The number of ether oxygens (including phenoxy) is 1. The highest BCUT2D eigenvalue weighted by molar-refractivity contribution is 6.30. The Kier molecular flexibility index (Phi) is 4.44. The maximum atomic E-state index is 14.0. The summed E-state index contributed by atoms with van der Waals surface area (Å²) in [5, 5.41) is 9.43. The molecule has 0 aliphatic carbocycles. The molecule has 1 spiro atoms. The monoisotopic (exact) mass is 470 g/mol. The number of amides is 1. The number of hydrogen-bond acceptors (Lipinski definition) is 8. The molecular weight excluding hydrogens is 451 g/mol. The smallest absolute Gasteiger partial charge is 0.410 e. The van der Waals surface area contributed by atoms with Crippen molar-refractivity contribution in [1.29, 1.82) is 0 Å². The second-order valence-electron chi connectivity index (χ2n) is 8.76. The van der Waals surface area contributed by atoms with Crippen molar-refractivity contribution in [3.63, 3.8) is 0 Å². The van der Waals surface area contributed by atoms with Gasteiger partial charge in [0, 0.05) is 36.6 Å². The highest BCUT2D eigenvalue weighted by Crippen LogP contribution is 2.44. The predicted octanol–water partition coefficient (Wildman–Crippen LogP) is 2.26. The summed E-state index contributed by atoms with van der Waals surface area (Å²) in [7, 11) is 1.36. The fourth-order valence-electron chi connectivity index (χ4n) is 5.01. The minimum Gasteiger partial charge on any atom is -0.453 e. The number of anilines is 2. The Morgan fingerprint density at radius 2 is 1.94 bits per heavy atom. The van der Waals surface area contributed by atoms with Crippen LogP contribution in [-0.2, 0) is 17.8 Å². The largest absolute Gasteiger partial charge is 0.453 e. The van der Waals surface area contributed by atoms with Crippen molar-refractivity contribution in [2.75, 3.05) is 43.1 Å². The Labute approximate surface area is 193 Å². The van der Waals surface area contributed by atoms with E-state index in [0.717, 1.165) is 43.4 Å². The summed E-state index contributed by atoms with van der Waals surface area (Å²) in [5.41, 5.74) is 1.84. The zero-order chi connectivity index (χ0) is 22.7. The molecule has 2 fully saturated rings. The van der Waals surface area contributed by atoms with E-state index in [1.807, 2.05) is 27.7 Å². The van der Waals surface area contributed by atoms with Crippen LogP contribution in [0.5, 0.6) is 0 Å². The topological polar surface area (TPSA) is 92.5 Å². The second-order valence-corrected chi connectivity index (χ2v) is 9.19. The lowest BCUT2D eigenvalue weighted by atomic mass is 9.73. The minimum atomic E-state index is -0.437. The first-order valence-electron chi connectivity index (χ1n) is 10.5. The lowest BCUT2D eigenvalue weighted by molar-refractivity contribution is 0.117. The average Bonchev–Trinajstić information content (AvgIpc) is 3.07. The number of hydrogen-bond donors (Lipinski definition) is 0. The quantitative estimate of drug-likeness (QED) is 0.563. The van der Waals surface area contributed by atoms with E-state index < -0.39 is 11.9 Å². The third-order valence-corrected chi connectivity index (χ3v) is 6.69. The molecule has 5 heterocycles. The molecule has 3 aromatic rings. The summed E-state index contributed by atoms with van der Waals surface area (Å²) in [6.07, 6.45) is 2.12. The number of halogens is 2. The van der Waals surface area contributed by atoms with Gasteiger partial charge in [-0.15, -0.1) is 10.2 Å². The summed E-state index contributed by atoms with van der Waals surface area (Å²) in [5.74, 6) is 1.31. The van der Waals surface area contributed by atoms with Crippen molar-refractivity contribution >= 4 is 29.5 Å². The maximum Gasteiger partial charge on any atom is 0.410 e. The van der Waals surface area contributed by atoms with Gasteiger partial charge in [-0.05, 0) is 23.8 Å². The van der Waals surface area contributed by atoms with Gasteiger partial charge >= 0.3 is 6.09 Å². The molecule has 3 aliphatic heterocycles. The van der Waals surface area contributed by atoms with Crippen LogP contribution < -0.4 is 9.80 Å². The molecule has 1 amide bonds. The van der Waals surface area contributed by atoms with Crippen LogP contribution in [0.15, 0.2) is 30.7 Å². The number of benzene rings is 1. The molecule has 0 atom stereocenters. The molecule has 33 heavy (non-hydrogen) atoms. The van der Waals surface area contributed by atoms with Crippen LogP contribution in [0.1, 0.15) is 11.4 Å². The second kappa shape index (κ2) is 7.27. The molecule has 3 aliphatic rings. The number of carbonyl (C=O) groups is 1. The van der Waals surface area contributed by atoms with Crippen LogP contribution in [0, 0.1) is 11.2 Å². The van der Waals surface area contributed by atoms with Crippen molar-refractivity contribution < 1.29 is 13.9 Å². The third kappa shape index (κ3) is 3.17. The molecule has 2 saturated heterocycles. The van der Waals surface area contributed by atoms with Gasteiger partial charge in [0.1, 0.15) is 6.33 Å². The average molecular weight is 471 g/mol. The molecule has 12 heteroatoms. The van der Waals surface area contributed by atoms with E-state index >= 15 is 0 Å². The maximum absolute atomic E-state index is 14.0. The van der Waals surface area contributed by atoms with Gasteiger partial charge in [-0.2, -0.15) is 0 Å². The first-order chi connectivity index (χ1) is 16.0. The molecule has 0 bridgehead atoms. The van der Waals surface area contributed by atoms with E-state index in [4.69, 9.17) is 16.3 Å². The number of methoxy groups -OCH3 is 1. The molecule has 0 unspecified atom stereocenters. The van der Waals surface area contributed by atoms with Crippen molar-refractivity contribution in [3.8, 4) is 5.69 Å². The van der Waals surface area contributed by atoms with Crippen LogP contribution >= 0.6 is 11.6 Å². The molecule has 0 N–H and O–H groups in total. The summed E-state index contributed by atoms with van der Waals surface area (Å²) >= 11 is 6.25. The number of rotatable bonds is 2. The van der Waals surface area contributed by atoms with Crippen LogP contribution in [0.25, 0.3) is 5.69 Å². The molecule has 170 valence electrons. The van der Waals surface area contributed by atoms with Gasteiger partial charge in [-0.3, -0.25) is 9.47 Å². The summed E-state index contributed by atoms with van der Waals surface area (Å²) in [6, 6.07) is 5.59. The highest BCUT2D eigenvalue weighted by atomic mass is 35.5. The van der Waals surface area contributed by atoms with Crippen molar-refractivity contribution in [3.05, 3.63) is 53.0 Å². The van der Waals surface area contributed by atoms with E-state index in [2.05, 4.69) is 25.1 Å². The SMILES string of the molecule is COC(=O)N1Cc2cc(Cl)ccc2-n2c(nnc2N2CC3(CN(c4ncncc4F)C3)C2)C1. The Morgan fingerprint density at radius 3 is 2.70 bits per heavy atom. The first-order valence-corrected chi connectivity index (χ1v) is 10.9. The summed E-state index contributed by atoms with van der Waals surface area (Å²) in [4.78, 5) is 25.8. The van der Waals surface area contributed by atoms with E-state index in [1.54, 1.807) is 4.90 Å². The van der Waals surface area contributed by atoms with Crippen LogP contribution in [0.4, 0.5) is 21.0 Å². The molecule has 6 rings (SSSR count). The van der Waals surface area contributed by atoms with Gasteiger partial charge in [-0.1, -0.05) is 11.6 Å². The lowest BCUT2D eigenvalue weighted by Gasteiger charge is -2.60. The Bertz CT molecular complexity index is 1250. The fourth-order valence-corrected chi connectivity index (χ4v) is 5.20. The zero-order valence-electron chi connectivity index (χ0n) is 17.8. The fraction of sp³-hybridized carbons (Fsp3) is 0.381. The van der Waals surface area contributed by atoms with Gasteiger partial charge in [0.15, 0.2) is 17.5 Å². The van der Waals surface area contributed by atoms with Crippen molar-refractivity contribution in [1.82, 2.24) is 29.6 Å². The standard InChI is InChI=1S/C21H20ClFN8O2/c1-33-20(32)28-6-13-4-14(22)2-3-16(13)31-17(7-28)26-27-19(31)30-10-21(11-30)8-29(9-21)18-15(23)5-24-12-25-18/h2-5,12H,6-11H2,1H3. The van der Waals surface area contributed by atoms with E-state index in [1.165, 1.54) is 19.6 Å². The van der Waals surface area contributed by atoms with Crippen LogP contribution in [0.2, 0.25) is 5.02 Å². The lowest BCUT2D eigenvalue weighted by Crippen LogP contribution is -2.73. The summed E-state index contributed by atoms with van der Waals surface area (Å²) < 4.78 is 20.9. The van der Waals surface area contributed by atoms with Crippen LogP contribution in [-0.4, -0.2) is 69.0 Å². The van der Waals surface area contributed by atoms with Crippen molar-refractivity contribution in [2.24, 2.45) is 5.41 Å². The Morgan fingerprint density at radius 1 is 1.15 bits per heavy atom. The van der Waals surface area contributed by atoms with E-state index in [-0.39, 0.29) is 12.0 Å². The molecule has 0 saturated carbocycles. The predicted molar refractivity (Wildman–Crippen MR) is 117 cm³/mol. The van der Waals surface area contributed by atoms with E-state index in [0.29, 0.717) is 23.2 Å². The van der Waals surface area contributed by atoms with Gasteiger partial charge < -0.3 is 14.5 Å². The van der Waals surface area contributed by atoms with Crippen molar-refractivity contribution in [2.45, 2.75) is 13.1 Å². The Hall–Kier alpha value is -3.47. The van der Waals surface area contributed by atoms with Gasteiger partial charge in [0.05, 0.1) is 32.1 Å². The summed E-state index contributed by atoms with van der Waals surface area (Å²) in [6.45, 7) is 3.62. The zero-order valence-corrected chi connectivity index (χ0v) is 18.5. The van der Waals surface area contributed by atoms with E-state index in [9.17, 15) is 9.18 Å². The first kappa shape index (κ1) is 20.2. The molecular formula is C21H20ClFN8O2. The minimum absolute atomic E-state index is 0.0649. The highest BCUT2D eigenvalue weighted by Gasteiger charge is 2.54. The Balaban J connectivity index is 1.26. The van der Waals surface area contributed by atoms with Crippen LogP contribution in [0.3, 0.4) is 0 Å². The van der Waals surface area contributed by atoms with Gasteiger partial charge in [0.2, 0.25) is 5.95 Å². The molecule has 0 radical (unpaired) electrons. The third-order valence-electron chi connectivity index (χ3n) is 6.46. The number of nitrogens with zero attached hydrogens (tertiary/aromatic N) is 8.